The summed E-state index contributed by atoms with van der Waals surface area (Å²) in [6.07, 6.45) is 5.27. The second kappa shape index (κ2) is 18.9. The zero-order valence-corrected chi connectivity index (χ0v) is 29.7. The van der Waals surface area contributed by atoms with Gasteiger partial charge in [0, 0.05) is 5.41 Å². The van der Waals surface area contributed by atoms with Gasteiger partial charge in [-0.2, -0.15) is 0 Å². The van der Waals surface area contributed by atoms with Crippen molar-refractivity contribution >= 4 is 15.2 Å². The first kappa shape index (κ1) is 37.4. The summed E-state index contributed by atoms with van der Waals surface area (Å²) in [7, 11) is -7.33. The molecule has 0 aliphatic carbocycles. The summed E-state index contributed by atoms with van der Waals surface area (Å²) >= 11 is 0. The number of rotatable bonds is 22. The van der Waals surface area contributed by atoms with Crippen LogP contribution in [-0.4, -0.2) is 37.7 Å². The Bertz CT molecular complexity index is 1260. The summed E-state index contributed by atoms with van der Waals surface area (Å²) in [4.78, 5) is 0. The zero-order chi connectivity index (χ0) is 32.6. The van der Waals surface area contributed by atoms with E-state index in [4.69, 9.17) is 18.1 Å². The first-order chi connectivity index (χ1) is 21.8. The van der Waals surface area contributed by atoms with Crippen LogP contribution in [0.1, 0.15) is 89.8 Å². The molecule has 0 radical (unpaired) electrons. The molecule has 0 saturated heterocycles. The van der Waals surface area contributed by atoms with Gasteiger partial charge in [0.1, 0.15) is 0 Å². The second-order valence-corrected chi connectivity index (χ2v) is 16.1. The van der Waals surface area contributed by atoms with Gasteiger partial charge in [-0.3, -0.25) is 9.13 Å². The Labute approximate surface area is 272 Å². The van der Waals surface area contributed by atoms with Crippen LogP contribution in [0.4, 0.5) is 0 Å². The third-order valence-corrected chi connectivity index (χ3v) is 13.5. The van der Waals surface area contributed by atoms with Crippen LogP contribution in [0.25, 0.3) is 0 Å². The Hall–Kier alpha value is -2.04. The molecule has 6 nitrogen and oxygen atoms in total. The van der Waals surface area contributed by atoms with E-state index in [9.17, 15) is 9.13 Å². The second-order valence-electron chi connectivity index (χ2n) is 11.5. The van der Waals surface area contributed by atoms with Gasteiger partial charge in [-0.15, -0.1) is 0 Å². The minimum Gasteiger partial charge on any atom is -0.309 e. The molecule has 45 heavy (non-hydrogen) atoms. The van der Waals surface area contributed by atoms with Crippen molar-refractivity contribution in [3.63, 3.8) is 0 Å². The molecule has 0 spiro atoms. The van der Waals surface area contributed by atoms with E-state index in [0.29, 0.717) is 19.3 Å². The van der Waals surface area contributed by atoms with Crippen molar-refractivity contribution in [2.75, 3.05) is 26.4 Å². The monoisotopic (exact) mass is 656 g/mol. The van der Waals surface area contributed by atoms with Gasteiger partial charge in [0.2, 0.25) is 0 Å². The van der Waals surface area contributed by atoms with Crippen molar-refractivity contribution in [2.45, 2.75) is 96.3 Å². The molecule has 3 rings (SSSR count). The normalized spacial score (nSPS) is 13.9. The summed E-state index contributed by atoms with van der Waals surface area (Å²) < 4.78 is 53.8. The van der Waals surface area contributed by atoms with Crippen LogP contribution in [-0.2, 0) is 39.1 Å². The minimum absolute atomic E-state index is 0.241. The molecule has 0 N–H and O–H groups in total. The van der Waals surface area contributed by atoms with Crippen molar-refractivity contribution in [2.24, 2.45) is 0 Å². The molecule has 0 aromatic heterocycles. The number of hydrogen-bond acceptors (Lipinski definition) is 6. The van der Waals surface area contributed by atoms with Crippen LogP contribution >= 0.6 is 15.2 Å². The van der Waals surface area contributed by atoms with Crippen LogP contribution in [0.3, 0.4) is 0 Å². The number of hydrogen-bond donors (Lipinski definition) is 0. The van der Waals surface area contributed by atoms with Gasteiger partial charge in [0.25, 0.3) is 0 Å². The van der Waals surface area contributed by atoms with E-state index in [1.807, 2.05) is 70.2 Å². The number of benzene rings is 3. The highest BCUT2D eigenvalue weighted by Crippen LogP contribution is 2.63. The SMILES string of the molecule is CCCCCC(CC(CC(Cc1ccccc1)P(=O)(OCC)OCC)P(=O)(OCC)OCC)(c1ccccc1)c1ccccc1. The smallest absolute Gasteiger partial charge is 0.309 e. The van der Waals surface area contributed by atoms with Crippen LogP contribution < -0.4 is 0 Å². The highest BCUT2D eigenvalue weighted by Gasteiger charge is 2.48. The minimum atomic E-state index is -3.70. The lowest BCUT2D eigenvalue weighted by Crippen LogP contribution is -2.35. The molecule has 2 atom stereocenters. The average Bonchev–Trinajstić information content (AvgIpc) is 3.05. The lowest BCUT2D eigenvalue weighted by atomic mass is 9.67. The van der Waals surface area contributed by atoms with Crippen molar-refractivity contribution < 1.29 is 27.2 Å². The predicted molar refractivity (Wildman–Crippen MR) is 186 cm³/mol. The van der Waals surface area contributed by atoms with Gasteiger partial charge in [-0.05, 0) is 70.1 Å². The Morgan fingerprint density at radius 3 is 1.42 bits per heavy atom. The summed E-state index contributed by atoms with van der Waals surface area (Å²) in [6, 6.07) is 31.0. The molecular weight excluding hydrogens is 602 g/mol. The van der Waals surface area contributed by atoms with E-state index in [1.165, 1.54) is 0 Å². The zero-order valence-electron chi connectivity index (χ0n) is 27.9. The molecule has 0 fully saturated rings. The quantitative estimate of drug-likeness (QED) is 0.0792. The molecule has 0 amide bonds. The number of unbranched alkanes of at least 4 members (excludes halogenated alkanes) is 2. The van der Waals surface area contributed by atoms with Crippen LogP contribution in [0.5, 0.6) is 0 Å². The molecule has 0 heterocycles. The lowest BCUT2D eigenvalue weighted by Gasteiger charge is -2.41. The Kier molecular flexibility index (Phi) is 15.8. The highest BCUT2D eigenvalue weighted by atomic mass is 31.2. The van der Waals surface area contributed by atoms with E-state index in [-0.39, 0.29) is 26.4 Å². The molecule has 8 heteroatoms. The maximum atomic E-state index is 15.0. The fourth-order valence-electron chi connectivity index (χ4n) is 6.45. The fourth-order valence-corrected chi connectivity index (χ4v) is 11.0. The molecule has 0 aliphatic rings. The van der Waals surface area contributed by atoms with Crippen molar-refractivity contribution in [3.8, 4) is 0 Å². The maximum absolute atomic E-state index is 15.0. The topological polar surface area (TPSA) is 71.1 Å². The lowest BCUT2D eigenvalue weighted by molar-refractivity contribution is 0.196. The van der Waals surface area contributed by atoms with Crippen molar-refractivity contribution in [1.29, 1.82) is 0 Å². The average molecular weight is 657 g/mol. The molecule has 2 unspecified atom stereocenters. The van der Waals surface area contributed by atoms with Crippen LogP contribution in [0, 0.1) is 0 Å². The first-order valence-corrected chi connectivity index (χ1v) is 20.0. The first-order valence-electron chi connectivity index (χ1n) is 16.7. The van der Waals surface area contributed by atoms with Crippen LogP contribution in [0.15, 0.2) is 91.0 Å². The Morgan fingerprint density at radius 1 is 0.578 bits per heavy atom. The summed E-state index contributed by atoms with van der Waals surface area (Å²) in [5, 5.41) is 0. The molecule has 0 saturated carbocycles. The van der Waals surface area contributed by atoms with Gasteiger partial charge < -0.3 is 18.1 Å². The van der Waals surface area contributed by atoms with E-state index >= 15 is 0 Å². The van der Waals surface area contributed by atoms with Gasteiger partial charge >= 0.3 is 15.2 Å². The molecular formula is C37H54O6P2. The summed E-state index contributed by atoms with van der Waals surface area (Å²) in [6.45, 7) is 10.5. The Morgan fingerprint density at radius 2 is 1.00 bits per heavy atom. The van der Waals surface area contributed by atoms with Gasteiger partial charge in [0.15, 0.2) is 0 Å². The molecule has 3 aromatic rings. The van der Waals surface area contributed by atoms with E-state index in [2.05, 4.69) is 55.5 Å². The van der Waals surface area contributed by atoms with E-state index < -0.39 is 31.9 Å². The molecule has 248 valence electrons. The molecule has 0 bridgehead atoms. The molecule has 3 aromatic carbocycles. The van der Waals surface area contributed by atoms with Crippen molar-refractivity contribution in [1.82, 2.24) is 0 Å². The summed E-state index contributed by atoms with van der Waals surface area (Å²) in [5.41, 5.74) is 1.72. The Balaban J connectivity index is 2.26. The maximum Gasteiger partial charge on any atom is 0.334 e. The third-order valence-electron chi connectivity index (χ3n) is 8.43. The molecule has 0 aliphatic heterocycles. The summed E-state index contributed by atoms with van der Waals surface area (Å²) in [5.74, 6) is 0. The van der Waals surface area contributed by atoms with Gasteiger partial charge in [0.05, 0.1) is 37.7 Å². The predicted octanol–water partition coefficient (Wildman–Crippen LogP) is 10.8. The standard InChI is InChI=1S/C37H54O6P2/c1-6-11-21-28-37(33-24-17-13-18-25-33,34-26-19-14-20-27-34)31-36(45(39,42-9-4)43-10-5)30-35(29-32-22-15-12-16-23-32)44(38,40-7-2)41-8-3/h12-20,22-27,35-36H,6-11,21,28-31H2,1-5H3. The highest BCUT2D eigenvalue weighted by molar-refractivity contribution is 7.55. The van der Waals surface area contributed by atoms with Gasteiger partial charge in [-0.25, -0.2) is 0 Å². The van der Waals surface area contributed by atoms with E-state index in [1.54, 1.807) is 0 Å². The largest absolute Gasteiger partial charge is 0.334 e. The third kappa shape index (κ3) is 10.2. The fraction of sp³-hybridized carbons (Fsp3) is 0.514. The van der Waals surface area contributed by atoms with E-state index in [0.717, 1.165) is 42.4 Å². The van der Waals surface area contributed by atoms with Gasteiger partial charge in [-0.1, -0.05) is 117 Å². The van der Waals surface area contributed by atoms with Crippen molar-refractivity contribution in [3.05, 3.63) is 108 Å². The van der Waals surface area contributed by atoms with Crippen LogP contribution in [0.2, 0.25) is 0 Å².